The zero-order valence-corrected chi connectivity index (χ0v) is 10.6. The number of hydrogen-bond donors (Lipinski definition) is 1. The topological polar surface area (TPSA) is 37.8 Å². The number of rotatable bonds is 4. The highest BCUT2D eigenvalue weighted by Gasteiger charge is 2.20. The molecule has 1 aromatic heterocycles. The van der Waals surface area contributed by atoms with Gasteiger partial charge in [-0.2, -0.15) is 0 Å². The van der Waals surface area contributed by atoms with E-state index in [0.717, 1.165) is 17.9 Å². The fourth-order valence-corrected chi connectivity index (χ4v) is 1.94. The fourth-order valence-electron chi connectivity index (χ4n) is 1.94. The molecule has 1 heterocycles. The second kappa shape index (κ2) is 4.86. The number of benzene rings is 1. The van der Waals surface area contributed by atoms with Gasteiger partial charge in [-0.15, -0.1) is 0 Å². The molecule has 92 valence electrons. The first kappa shape index (κ1) is 11.4. The van der Waals surface area contributed by atoms with Crippen LogP contribution in [0.25, 0.3) is 11.1 Å². The predicted octanol–water partition coefficient (Wildman–Crippen LogP) is 2.70. The quantitative estimate of drug-likeness (QED) is 0.891. The zero-order valence-electron chi connectivity index (χ0n) is 10.6. The minimum Gasteiger partial charge on any atom is -0.307 e. The smallest absolute Gasteiger partial charge is 0.141 e. The van der Waals surface area contributed by atoms with Gasteiger partial charge in [-0.3, -0.25) is 0 Å². The van der Waals surface area contributed by atoms with Gasteiger partial charge in [0, 0.05) is 24.0 Å². The van der Waals surface area contributed by atoms with Crippen molar-refractivity contribution in [3.05, 3.63) is 48.0 Å². The van der Waals surface area contributed by atoms with E-state index in [1.165, 1.54) is 24.0 Å². The Morgan fingerprint density at radius 1 is 1.17 bits per heavy atom. The minimum absolute atomic E-state index is 0.699. The first-order valence-electron chi connectivity index (χ1n) is 6.42. The second-order valence-corrected chi connectivity index (χ2v) is 4.91. The summed E-state index contributed by atoms with van der Waals surface area (Å²) in [4.78, 5) is 8.82. The van der Waals surface area contributed by atoms with Crippen molar-refractivity contribution in [2.45, 2.75) is 32.4 Å². The maximum absolute atomic E-state index is 4.41. The molecule has 0 bridgehead atoms. The Bertz CT molecular complexity index is 530. The van der Waals surface area contributed by atoms with Crippen LogP contribution in [0.5, 0.6) is 0 Å². The Kier molecular flexibility index (Phi) is 3.07. The van der Waals surface area contributed by atoms with Crippen molar-refractivity contribution in [1.82, 2.24) is 15.3 Å². The van der Waals surface area contributed by atoms with E-state index >= 15 is 0 Å². The van der Waals surface area contributed by atoms with Gasteiger partial charge in [0.15, 0.2) is 0 Å². The van der Waals surface area contributed by atoms with Gasteiger partial charge in [-0.25, -0.2) is 9.97 Å². The van der Waals surface area contributed by atoms with E-state index in [1.807, 2.05) is 12.4 Å². The molecular formula is C15H17N3. The van der Waals surface area contributed by atoms with Crippen LogP contribution in [-0.2, 0) is 6.54 Å². The average Bonchev–Trinajstić information content (AvgIpc) is 3.21. The van der Waals surface area contributed by atoms with Crippen LogP contribution < -0.4 is 5.32 Å². The van der Waals surface area contributed by atoms with Crippen molar-refractivity contribution in [2.75, 3.05) is 0 Å². The third kappa shape index (κ3) is 2.74. The molecule has 3 heteroatoms. The van der Waals surface area contributed by atoms with Crippen LogP contribution in [-0.4, -0.2) is 16.0 Å². The van der Waals surface area contributed by atoms with E-state index in [-0.39, 0.29) is 0 Å². The van der Waals surface area contributed by atoms with Gasteiger partial charge in [0.1, 0.15) is 5.82 Å². The van der Waals surface area contributed by atoms with Crippen LogP contribution in [0.4, 0.5) is 0 Å². The number of aryl methyl sites for hydroxylation is 1. The molecule has 2 aromatic rings. The number of nitrogens with zero attached hydrogens (tertiary/aromatic N) is 2. The molecule has 0 aliphatic heterocycles. The largest absolute Gasteiger partial charge is 0.307 e. The molecule has 1 aliphatic carbocycles. The third-order valence-electron chi connectivity index (χ3n) is 3.18. The number of nitrogens with one attached hydrogen (secondary N) is 1. The summed E-state index contributed by atoms with van der Waals surface area (Å²) < 4.78 is 0. The molecule has 1 aromatic carbocycles. The van der Waals surface area contributed by atoms with Gasteiger partial charge in [0.2, 0.25) is 0 Å². The normalized spacial score (nSPS) is 14.7. The van der Waals surface area contributed by atoms with Gasteiger partial charge in [-0.05, 0) is 25.3 Å². The lowest BCUT2D eigenvalue weighted by molar-refractivity contribution is 0.658. The first-order valence-corrected chi connectivity index (χ1v) is 6.42. The molecule has 0 spiro atoms. The highest BCUT2D eigenvalue weighted by molar-refractivity contribution is 5.62. The summed E-state index contributed by atoms with van der Waals surface area (Å²) in [5.41, 5.74) is 3.51. The summed E-state index contributed by atoms with van der Waals surface area (Å²) >= 11 is 0. The van der Waals surface area contributed by atoms with E-state index in [2.05, 4.69) is 46.5 Å². The summed E-state index contributed by atoms with van der Waals surface area (Å²) in [5, 5.41) is 3.42. The van der Waals surface area contributed by atoms with Crippen LogP contribution >= 0.6 is 0 Å². The predicted molar refractivity (Wildman–Crippen MR) is 72.1 cm³/mol. The third-order valence-corrected chi connectivity index (χ3v) is 3.18. The molecule has 3 nitrogen and oxygen atoms in total. The van der Waals surface area contributed by atoms with E-state index in [1.54, 1.807) is 0 Å². The standard InChI is InChI=1S/C15H17N3/c1-11-3-2-4-12(7-11)13-8-17-15(18-9-13)10-16-14-5-6-14/h2-4,7-9,14,16H,5-6,10H2,1H3. The van der Waals surface area contributed by atoms with Crippen LogP contribution in [0.1, 0.15) is 24.2 Å². The second-order valence-electron chi connectivity index (χ2n) is 4.91. The van der Waals surface area contributed by atoms with Gasteiger partial charge in [0.25, 0.3) is 0 Å². The molecule has 0 amide bonds. The maximum Gasteiger partial charge on any atom is 0.141 e. The van der Waals surface area contributed by atoms with E-state index in [4.69, 9.17) is 0 Å². The summed E-state index contributed by atoms with van der Waals surface area (Å²) in [5.74, 6) is 0.873. The summed E-state index contributed by atoms with van der Waals surface area (Å²) in [6, 6.07) is 9.10. The maximum atomic E-state index is 4.41. The molecule has 1 fully saturated rings. The van der Waals surface area contributed by atoms with Crippen molar-refractivity contribution in [2.24, 2.45) is 0 Å². The van der Waals surface area contributed by atoms with Crippen LogP contribution in [0.15, 0.2) is 36.7 Å². The molecule has 1 aliphatic rings. The highest BCUT2D eigenvalue weighted by atomic mass is 15.0. The van der Waals surface area contributed by atoms with Gasteiger partial charge in [-0.1, -0.05) is 29.8 Å². The fraction of sp³-hybridized carbons (Fsp3) is 0.333. The van der Waals surface area contributed by atoms with E-state index < -0.39 is 0 Å². The number of aromatic nitrogens is 2. The highest BCUT2D eigenvalue weighted by Crippen LogP contribution is 2.20. The van der Waals surface area contributed by atoms with Crippen LogP contribution in [0.2, 0.25) is 0 Å². The molecule has 0 unspecified atom stereocenters. The lowest BCUT2D eigenvalue weighted by Gasteiger charge is -2.04. The van der Waals surface area contributed by atoms with Crippen LogP contribution in [0.3, 0.4) is 0 Å². The lowest BCUT2D eigenvalue weighted by Crippen LogP contribution is -2.17. The Morgan fingerprint density at radius 3 is 2.61 bits per heavy atom. The lowest BCUT2D eigenvalue weighted by atomic mass is 10.1. The van der Waals surface area contributed by atoms with Gasteiger partial charge in [0.05, 0.1) is 6.54 Å². The minimum atomic E-state index is 0.699. The molecule has 18 heavy (non-hydrogen) atoms. The molecule has 1 saturated carbocycles. The monoisotopic (exact) mass is 239 g/mol. The first-order chi connectivity index (χ1) is 8.81. The Labute approximate surface area is 107 Å². The zero-order chi connectivity index (χ0) is 12.4. The Morgan fingerprint density at radius 2 is 1.94 bits per heavy atom. The van der Waals surface area contributed by atoms with Crippen molar-refractivity contribution >= 4 is 0 Å². The molecule has 3 rings (SSSR count). The molecular weight excluding hydrogens is 222 g/mol. The van der Waals surface area contributed by atoms with Gasteiger partial charge < -0.3 is 5.32 Å². The molecule has 0 radical (unpaired) electrons. The van der Waals surface area contributed by atoms with Crippen molar-refractivity contribution in [1.29, 1.82) is 0 Å². The molecule has 0 atom stereocenters. The SMILES string of the molecule is Cc1cccc(-c2cnc(CNC3CC3)nc2)c1. The average molecular weight is 239 g/mol. The van der Waals surface area contributed by atoms with Crippen molar-refractivity contribution < 1.29 is 0 Å². The van der Waals surface area contributed by atoms with Crippen LogP contribution in [0, 0.1) is 6.92 Å². The Hall–Kier alpha value is -1.74. The molecule has 0 saturated heterocycles. The van der Waals surface area contributed by atoms with Crippen molar-refractivity contribution in [3.8, 4) is 11.1 Å². The summed E-state index contributed by atoms with van der Waals surface area (Å²) in [7, 11) is 0. The van der Waals surface area contributed by atoms with Gasteiger partial charge >= 0.3 is 0 Å². The van der Waals surface area contributed by atoms with E-state index in [9.17, 15) is 0 Å². The van der Waals surface area contributed by atoms with E-state index in [0.29, 0.717) is 6.04 Å². The summed E-state index contributed by atoms with van der Waals surface area (Å²) in [6.45, 7) is 2.87. The Balaban J connectivity index is 1.73. The molecule has 1 N–H and O–H groups in total. The number of hydrogen-bond acceptors (Lipinski definition) is 3. The summed E-state index contributed by atoms with van der Waals surface area (Å²) in [6.07, 6.45) is 6.40. The van der Waals surface area contributed by atoms with Crippen molar-refractivity contribution in [3.63, 3.8) is 0 Å².